The van der Waals surface area contributed by atoms with Crippen LogP contribution in [-0.4, -0.2) is 30.9 Å². The summed E-state index contributed by atoms with van der Waals surface area (Å²) in [6, 6.07) is 5.49. The van der Waals surface area contributed by atoms with Crippen molar-refractivity contribution in [2.45, 2.75) is 32.6 Å². The number of fused-ring (bicyclic) bond motifs is 1. The number of aliphatic carboxylic acids is 1. The number of ether oxygens (including phenoxy) is 3. The lowest BCUT2D eigenvalue weighted by molar-refractivity contribution is -0.142. The Morgan fingerprint density at radius 1 is 1.33 bits per heavy atom. The first-order valence-corrected chi connectivity index (χ1v) is 7.46. The number of hydrogen-bond donors (Lipinski definition) is 1. The van der Waals surface area contributed by atoms with Crippen molar-refractivity contribution in [3.63, 3.8) is 0 Å². The number of benzene rings is 1. The van der Waals surface area contributed by atoms with E-state index >= 15 is 0 Å². The third kappa shape index (κ3) is 4.28. The van der Waals surface area contributed by atoms with Crippen molar-refractivity contribution in [3.05, 3.63) is 18.2 Å². The first kappa shape index (κ1) is 15.5. The van der Waals surface area contributed by atoms with Gasteiger partial charge in [-0.1, -0.05) is 25.8 Å². The van der Waals surface area contributed by atoms with Gasteiger partial charge in [-0.15, -0.1) is 0 Å². The second kappa shape index (κ2) is 7.76. The molecule has 2 rings (SSSR count). The minimum atomic E-state index is -0.748. The number of hydrogen-bond acceptors (Lipinski definition) is 4. The van der Waals surface area contributed by atoms with Crippen LogP contribution >= 0.6 is 0 Å². The average molecular weight is 294 g/mol. The number of para-hydroxylation sites is 1. The van der Waals surface area contributed by atoms with E-state index in [1.807, 2.05) is 18.2 Å². The summed E-state index contributed by atoms with van der Waals surface area (Å²) in [4.78, 5) is 11.2. The molecule has 5 heteroatoms. The number of carboxylic acid groups (broad SMARTS) is 1. The van der Waals surface area contributed by atoms with Gasteiger partial charge in [0.2, 0.25) is 5.75 Å². The van der Waals surface area contributed by atoms with Gasteiger partial charge < -0.3 is 19.3 Å². The molecular formula is C16H22O5. The van der Waals surface area contributed by atoms with Crippen molar-refractivity contribution >= 4 is 5.97 Å². The average Bonchev–Trinajstić information content (AvgIpc) is 2.50. The standard InChI is InChI=1S/C16H22O5/c1-2-3-5-12(16(17)18)8-9-19-13-6-4-7-14-15(13)21-11-10-20-14/h4,6-7,12H,2-3,5,8-11H2,1H3,(H,17,18). The maximum atomic E-state index is 11.2. The van der Waals surface area contributed by atoms with Crippen LogP contribution in [-0.2, 0) is 4.79 Å². The van der Waals surface area contributed by atoms with Gasteiger partial charge in [-0.05, 0) is 25.0 Å². The molecule has 0 bridgehead atoms. The maximum absolute atomic E-state index is 11.2. The summed E-state index contributed by atoms with van der Waals surface area (Å²) in [5.41, 5.74) is 0. The van der Waals surface area contributed by atoms with Crippen molar-refractivity contribution in [2.75, 3.05) is 19.8 Å². The molecule has 116 valence electrons. The van der Waals surface area contributed by atoms with Crippen LogP contribution < -0.4 is 14.2 Å². The van der Waals surface area contributed by atoms with E-state index in [1.165, 1.54) is 0 Å². The molecule has 1 aromatic carbocycles. The third-order valence-electron chi connectivity index (χ3n) is 3.51. The fraction of sp³-hybridized carbons (Fsp3) is 0.562. The molecule has 0 aliphatic carbocycles. The second-order valence-corrected chi connectivity index (χ2v) is 5.09. The molecule has 1 N–H and O–H groups in total. The molecule has 1 heterocycles. The molecule has 0 radical (unpaired) electrons. The van der Waals surface area contributed by atoms with E-state index in [4.69, 9.17) is 14.2 Å². The van der Waals surface area contributed by atoms with Gasteiger partial charge >= 0.3 is 5.97 Å². The summed E-state index contributed by atoms with van der Waals surface area (Å²) >= 11 is 0. The molecule has 5 nitrogen and oxygen atoms in total. The summed E-state index contributed by atoms with van der Waals surface area (Å²) < 4.78 is 16.7. The van der Waals surface area contributed by atoms with Crippen LogP contribution in [0.15, 0.2) is 18.2 Å². The number of rotatable bonds is 8. The summed E-state index contributed by atoms with van der Waals surface area (Å²) in [5, 5.41) is 9.19. The highest BCUT2D eigenvalue weighted by atomic mass is 16.6. The topological polar surface area (TPSA) is 65.0 Å². The normalized spacial score (nSPS) is 14.5. The molecule has 1 aliphatic rings. The molecule has 1 aromatic rings. The summed E-state index contributed by atoms with van der Waals surface area (Å²) in [6.07, 6.45) is 3.12. The van der Waals surface area contributed by atoms with E-state index < -0.39 is 5.97 Å². The molecule has 0 fully saturated rings. The molecule has 1 atom stereocenters. The fourth-order valence-electron chi connectivity index (χ4n) is 2.31. The smallest absolute Gasteiger partial charge is 0.306 e. The van der Waals surface area contributed by atoms with Crippen LogP contribution in [0.1, 0.15) is 32.6 Å². The van der Waals surface area contributed by atoms with Gasteiger partial charge in [0.05, 0.1) is 12.5 Å². The Morgan fingerprint density at radius 2 is 2.14 bits per heavy atom. The van der Waals surface area contributed by atoms with Gasteiger partial charge in [0.25, 0.3) is 0 Å². The van der Waals surface area contributed by atoms with Gasteiger partial charge in [0, 0.05) is 0 Å². The van der Waals surface area contributed by atoms with Crippen molar-refractivity contribution in [1.82, 2.24) is 0 Å². The lowest BCUT2D eigenvalue weighted by atomic mass is 9.99. The Labute approximate surface area is 124 Å². The van der Waals surface area contributed by atoms with E-state index in [0.717, 1.165) is 12.8 Å². The minimum absolute atomic E-state index is 0.346. The second-order valence-electron chi connectivity index (χ2n) is 5.09. The minimum Gasteiger partial charge on any atom is -0.490 e. The van der Waals surface area contributed by atoms with Crippen LogP contribution in [0.2, 0.25) is 0 Å². The highest BCUT2D eigenvalue weighted by Gasteiger charge is 2.19. The Kier molecular flexibility index (Phi) is 5.72. The first-order chi connectivity index (χ1) is 10.2. The largest absolute Gasteiger partial charge is 0.490 e. The Bertz CT molecular complexity index is 472. The highest BCUT2D eigenvalue weighted by Crippen LogP contribution is 2.39. The predicted octanol–water partition coefficient (Wildman–Crippen LogP) is 3.12. The van der Waals surface area contributed by atoms with E-state index in [1.54, 1.807) is 0 Å². The van der Waals surface area contributed by atoms with E-state index in [2.05, 4.69) is 6.92 Å². The molecule has 21 heavy (non-hydrogen) atoms. The van der Waals surface area contributed by atoms with Crippen molar-refractivity contribution in [2.24, 2.45) is 5.92 Å². The quantitative estimate of drug-likeness (QED) is 0.798. The van der Waals surface area contributed by atoms with Crippen molar-refractivity contribution in [3.8, 4) is 17.2 Å². The molecule has 0 spiro atoms. The predicted molar refractivity (Wildman–Crippen MR) is 78.2 cm³/mol. The van der Waals surface area contributed by atoms with Gasteiger partial charge in [0.1, 0.15) is 13.2 Å². The zero-order valence-electron chi connectivity index (χ0n) is 12.3. The third-order valence-corrected chi connectivity index (χ3v) is 3.51. The lowest BCUT2D eigenvalue weighted by Crippen LogP contribution is -2.18. The Hall–Kier alpha value is -1.91. The molecule has 0 saturated carbocycles. The Morgan fingerprint density at radius 3 is 2.90 bits per heavy atom. The molecular weight excluding hydrogens is 272 g/mol. The Balaban J connectivity index is 1.89. The lowest BCUT2D eigenvalue weighted by Gasteiger charge is -2.21. The van der Waals surface area contributed by atoms with Crippen LogP contribution in [0.4, 0.5) is 0 Å². The van der Waals surface area contributed by atoms with Crippen LogP contribution in [0.25, 0.3) is 0 Å². The van der Waals surface area contributed by atoms with Gasteiger partial charge in [-0.25, -0.2) is 0 Å². The molecule has 0 saturated heterocycles. The number of carbonyl (C=O) groups is 1. The monoisotopic (exact) mass is 294 g/mol. The fourth-order valence-corrected chi connectivity index (χ4v) is 2.31. The van der Waals surface area contributed by atoms with Gasteiger partial charge in [-0.2, -0.15) is 0 Å². The molecule has 0 aromatic heterocycles. The summed E-state index contributed by atoms with van der Waals surface area (Å²) in [7, 11) is 0. The highest BCUT2D eigenvalue weighted by molar-refractivity contribution is 5.69. The number of unbranched alkanes of at least 4 members (excludes halogenated alkanes) is 1. The SMILES string of the molecule is CCCCC(CCOc1cccc2c1OCCO2)C(=O)O. The van der Waals surface area contributed by atoms with Crippen LogP contribution in [0.5, 0.6) is 17.2 Å². The summed E-state index contributed by atoms with van der Waals surface area (Å²) in [6.45, 7) is 3.46. The van der Waals surface area contributed by atoms with Crippen molar-refractivity contribution < 1.29 is 24.1 Å². The zero-order chi connectivity index (χ0) is 15.1. The van der Waals surface area contributed by atoms with Crippen LogP contribution in [0.3, 0.4) is 0 Å². The zero-order valence-corrected chi connectivity index (χ0v) is 12.3. The summed E-state index contributed by atoms with van der Waals surface area (Å²) in [5.74, 6) is 0.818. The molecule has 1 unspecified atom stereocenters. The maximum Gasteiger partial charge on any atom is 0.306 e. The van der Waals surface area contributed by atoms with E-state index in [9.17, 15) is 9.90 Å². The van der Waals surface area contributed by atoms with Crippen LogP contribution in [0, 0.1) is 5.92 Å². The van der Waals surface area contributed by atoms with E-state index in [0.29, 0.717) is 49.9 Å². The van der Waals surface area contributed by atoms with Gasteiger partial charge in [0.15, 0.2) is 11.5 Å². The molecule has 1 aliphatic heterocycles. The number of carboxylic acids is 1. The first-order valence-electron chi connectivity index (χ1n) is 7.46. The van der Waals surface area contributed by atoms with Crippen molar-refractivity contribution in [1.29, 1.82) is 0 Å². The molecule has 0 amide bonds. The van der Waals surface area contributed by atoms with E-state index in [-0.39, 0.29) is 5.92 Å². The van der Waals surface area contributed by atoms with Gasteiger partial charge in [-0.3, -0.25) is 4.79 Å².